The number of rotatable bonds is 2. The van der Waals surface area contributed by atoms with Crippen molar-refractivity contribution < 1.29 is 9.53 Å². The topological polar surface area (TPSA) is 39.2 Å². The van der Waals surface area contributed by atoms with Crippen LogP contribution in [-0.2, 0) is 4.74 Å². The van der Waals surface area contributed by atoms with E-state index in [4.69, 9.17) is 4.74 Å². The van der Waals surface area contributed by atoms with Crippen molar-refractivity contribution in [3.63, 3.8) is 0 Å². The summed E-state index contributed by atoms with van der Waals surface area (Å²) in [6.45, 7) is 0. The number of nitrogens with zero attached hydrogens (tertiary/aromatic N) is 1. The normalized spacial score (nSPS) is 11.6. The zero-order valence-electron chi connectivity index (χ0n) is 11.2. The molecule has 0 bridgehead atoms. The standard InChI is InChI=1S/C11H8NO2.3CH3.Sn/c1-14-11(13)9-6-7-12-10-5-3-2-4-8(9)10;;;;/h3-7H,1H3;3*1H3;. The van der Waals surface area contributed by atoms with Crippen LogP contribution in [0.5, 0.6) is 0 Å². The van der Waals surface area contributed by atoms with Gasteiger partial charge in [0.25, 0.3) is 0 Å². The van der Waals surface area contributed by atoms with E-state index in [2.05, 4.69) is 31.9 Å². The van der Waals surface area contributed by atoms with Crippen molar-refractivity contribution >= 4 is 38.8 Å². The van der Waals surface area contributed by atoms with Gasteiger partial charge < -0.3 is 0 Å². The molecule has 94 valence electrons. The second-order valence-electron chi connectivity index (χ2n) is 5.33. The number of carbonyl (C=O) groups is 1. The molecule has 1 aromatic carbocycles. The van der Waals surface area contributed by atoms with E-state index in [1.54, 1.807) is 12.3 Å². The first-order valence-corrected chi connectivity index (χ1v) is 15.9. The number of fused-ring (bicyclic) bond motifs is 1. The molecule has 0 amide bonds. The molecule has 0 aliphatic rings. The molecule has 0 fully saturated rings. The van der Waals surface area contributed by atoms with E-state index in [-0.39, 0.29) is 5.97 Å². The number of esters is 1. The first kappa shape index (κ1) is 13.3. The summed E-state index contributed by atoms with van der Waals surface area (Å²) in [6.07, 6.45) is 1.65. The van der Waals surface area contributed by atoms with Gasteiger partial charge in [-0.05, 0) is 0 Å². The van der Waals surface area contributed by atoms with E-state index >= 15 is 0 Å². The second kappa shape index (κ2) is 4.88. The first-order valence-electron chi connectivity index (χ1n) is 5.91. The van der Waals surface area contributed by atoms with E-state index in [0.717, 1.165) is 10.9 Å². The molecule has 0 saturated carbocycles. The Morgan fingerprint density at radius 2 is 1.94 bits per heavy atom. The van der Waals surface area contributed by atoms with Gasteiger partial charge in [-0.2, -0.15) is 0 Å². The number of hydrogen-bond acceptors (Lipinski definition) is 3. The number of methoxy groups -OCH3 is 1. The van der Waals surface area contributed by atoms with E-state index < -0.39 is 18.4 Å². The summed E-state index contributed by atoms with van der Waals surface area (Å²) in [5.41, 5.74) is 1.44. The average Bonchev–Trinajstić information content (AvgIpc) is 2.35. The minimum atomic E-state index is -2.13. The van der Waals surface area contributed by atoms with E-state index in [1.165, 1.54) is 10.7 Å². The van der Waals surface area contributed by atoms with Crippen molar-refractivity contribution in [3.8, 4) is 0 Å². The molecule has 1 heterocycles. The Balaban J connectivity index is 2.70. The molecule has 0 aliphatic carbocycles. The van der Waals surface area contributed by atoms with Gasteiger partial charge in [-0.3, -0.25) is 0 Å². The van der Waals surface area contributed by atoms with Gasteiger partial charge in [0, 0.05) is 0 Å². The van der Waals surface area contributed by atoms with Crippen molar-refractivity contribution in [1.29, 1.82) is 0 Å². The molecule has 0 aliphatic heterocycles. The summed E-state index contributed by atoms with van der Waals surface area (Å²) >= 11 is -2.13. The summed E-state index contributed by atoms with van der Waals surface area (Å²) in [6, 6.07) is 7.98. The molecular weight excluding hydrogens is 333 g/mol. The van der Waals surface area contributed by atoms with E-state index in [0.29, 0.717) is 5.56 Å². The third-order valence-electron chi connectivity index (χ3n) is 3.01. The predicted molar refractivity (Wildman–Crippen MR) is 76.1 cm³/mol. The molecule has 1 aromatic heterocycles. The molecule has 0 atom stereocenters. The molecule has 0 spiro atoms. The van der Waals surface area contributed by atoms with Crippen LogP contribution in [0.4, 0.5) is 0 Å². The predicted octanol–water partition coefficient (Wildman–Crippen LogP) is 2.57. The van der Waals surface area contributed by atoms with Crippen molar-refractivity contribution in [3.05, 3.63) is 36.0 Å². The van der Waals surface area contributed by atoms with Gasteiger partial charge in [0.1, 0.15) is 0 Å². The van der Waals surface area contributed by atoms with Crippen molar-refractivity contribution in [2.75, 3.05) is 7.11 Å². The van der Waals surface area contributed by atoms with Crippen LogP contribution >= 0.6 is 0 Å². The molecule has 0 N–H and O–H groups in total. The van der Waals surface area contributed by atoms with Crippen molar-refractivity contribution in [1.82, 2.24) is 4.98 Å². The summed E-state index contributed by atoms with van der Waals surface area (Å²) in [7, 11) is 1.40. The van der Waals surface area contributed by atoms with Gasteiger partial charge in [-0.1, -0.05) is 0 Å². The fraction of sp³-hybridized carbons (Fsp3) is 0.286. The molecule has 4 heteroatoms. The van der Waals surface area contributed by atoms with Crippen LogP contribution in [0.25, 0.3) is 10.9 Å². The van der Waals surface area contributed by atoms with Gasteiger partial charge in [-0.25, -0.2) is 0 Å². The van der Waals surface area contributed by atoms with Crippen LogP contribution < -0.4 is 3.58 Å². The Morgan fingerprint density at radius 1 is 1.22 bits per heavy atom. The molecule has 2 rings (SSSR count). The Kier molecular flexibility index (Phi) is 3.61. The van der Waals surface area contributed by atoms with Crippen LogP contribution in [-0.4, -0.2) is 36.4 Å². The summed E-state index contributed by atoms with van der Waals surface area (Å²) in [4.78, 5) is 23.1. The Morgan fingerprint density at radius 3 is 2.56 bits per heavy atom. The number of benzene rings is 1. The third-order valence-corrected chi connectivity index (χ3v) is 8.84. The van der Waals surface area contributed by atoms with Crippen LogP contribution in [0.15, 0.2) is 30.5 Å². The maximum absolute atomic E-state index is 11.8. The summed E-state index contributed by atoms with van der Waals surface area (Å²) < 4.78 is 6.20. The quantitative estimate of drug-likeness (QED) is 0.618. The Labute approximate surface area is 111 Å². The number of carbonyl (C=O) groups excluding carboxylic acids is 1. The Hall–Kier alpha value is -1.10. The fourth-order valence-electron chi connectivity index (χ4n) is 1.90. The van der Waals surface area contributed by atoms with E-state index in [1.807, 2.05) is 6.07 Å². The molecule has 0 radical (unpaired) electrons. The van der Waals surface area contributed by atoms with Gasteiger partial charge in [-0.15, -0.1) is 0 Å². The van der Waals surface area contributed by atoms with Gasteiger partial charge in [0.05, 0.1) is 0 Å². The number of pyridine rings is 1. The summed E-state index contributed by atoms with van der Waals surface area (Å²) in [5.74, 6) is -0.302. The van der Waals surface area contributed by atoms with Gasteiger partial charge in [0.2, 0.25) is 0 Å². The fourth-order valence-corrected chi connectivity index (χ4v) is 5.21. The van der Waals surface area contributed by atoms with E-state index in [9.17, 15) is 4.79 Å². The Bertz CT molecular complexity index is 602. The zero-order valence-corrected chi connectivity index (χ0v) is 14.0. The van der Waals surface area contributed by atoms with Crippen LogP contribution in [0.3, 0.4) is 0 Å². The SMILES string of the molecule is COC(=O)c1ccnc2cc[c]([Sn]([CH3])([CH3])[CH3])cc12. The zero-order chi connectivity index (χ0) is 13.3. The van der Waals surface area contributed by atoms with Crippen molar-refractivity contribution in [2.24, 2.45) is 0 Å². The van der Waals surface area contributed by atoms with Crippen molar-refractivity contribution in [2.45, 2.75) is 14.8 Å². The third kappa shape index (κ3) is 2.50. The molecule has 0 unspecified atom stereocenters. The minimum absolute atomic E-state index is 0.302. The molecule has 2 aromatic rings. The number of ether oxygens (including phenoxy) is 1. The second-order valence-corrected chi connectivity index (χ2v) is 19.8. The maximum atomic E-state index is 11.8. The van der Waals surface area contributed by atoms with Gasteiger partial charge >= 0.3 is 111 Å². The number of aromatic nitrogens is 1. The molecule has 0 saturated heterocycles. The van der Waals surface area contributed by atoms with Crippen LogP contribution in [0, 0.1) is 0 Å². The molecular formula is C14H17NO2Sn. The molecule has 18 heavy (non-hydrogen) atoms. The van der Waals surface area contributed by atoms with Crippen LogP contribution in [0.2, 0.25) is 14.8 Å². The average molecular weight is 350 g/mol. The van der Waals surface area contributed by atoms with Crippen LogP contribution in [0.1, 0.15) is 10.4 Å². The number of hydrogen-bond donors (Lipinski definition) is 0. The summed E-state index contributed by atoms with van der Waals surface area (Å²) in [5, 5.41) is 0.897. The van der Waals surface area contributed by atoms with Gasteiger partial charge in [0.15, 0.2) is 0 Å². The molecule has 3 nitrogen and oxygen atoms in total. The first-order chi connectivity index (χ1) is 8.43. The monoisotopic (exact) mass is 351 g/mol.